The molecule has 0 N–H and O–H groups in total. The number of unbranched alkanes of at least 4 members (excludes halogenated alkanes) is 2. The predicted octanol–water partition coefficient (Wildman–Crippen LogP) is 3.11. The van der Waals surface area contributed by atoms with E-state index in [9.17, 15) is 0 Å². The largest absolute Gasteiger partial charge is 0.353 e. The van der Waals surface area contributed by atoms with E-state index in [1.165, 1.54) is 25.7 Å². The fourth-order valence-corrected chi connectivity index (χ4v) is 1.70. The Bertz CT molecular complexity index is 125. The summed E-state index contributed by atoms with van der Waals surface area (Å²) in [6.45, 7) is 5.23. The molecule has 2 heteroatoms. The zero-order chi connectivity index (χ0) is 9.52. The maximum absolute atomic E-state index is 5.76. The Kier molecular flexibility index (Phi) is 5.40. The van der Waals surface area contributed by atoms with Crippen molar-refractivity contribution in [1.29, 1.82) is 0 Å². The van der Waals surface area contributed by atoms with Gasteiger partial charge in [-0.25, -0.2) is 0 Å². The molecule has 0 saturated carbocycles. The highest BCUT2D eigenvalue weighted by Gasteiger charge is 2.20. The topological polar surface area (TPSA) is 18.5 Å². The summed E-state index contributed by atoms with van der Waals surface area (Å²) in [7, 11) is 0. The summed E-state index contributed by atoms with van der Waals surface area (Å²) in [4.78, 5) is 0. The highest BCUT2D eigenvalue weighted by atomic mass is 16.7. The minimum Gasteiger partial charge on any atom is -0.353 e. The molecule has 2 nitrogen and oxygen atoms in total. The molecular formula is C11H22O2. The minimum absolute atomic E-state index is 0.0698. The quantitative estimate of drug-likeness (QED) is 0.614. The Labute approximate surface area is 81.6 Å². The molecule has 0 bridgehead atoms. The lowest BCUT2D eigenvalue weighted by Crippen LogP contribution is -2.31. The van der Waals surface area contributed by atoms with E-state index in [0.29, 0.717) is 6.10 Å². The molecule has 2 unspecified atom stereocenters. The van der Waals surface area contributed by atoms with Crippen molar-refractivity contribution < 1.29 is 9.47 Å². The molecular weight excluding hydrogens is 164 g/mol. The SMILES string of the molecule is CCCCCC1CCOC(CC)O1. The van der Waals surface area contributed by atoms with Gasteiger partial charge in [0.25, 0.3) is 0 Å². The zero-order valence-electron chi connectivity index (χ0n) is 8.92. The van der Waals surface area contributed by atoms with Crippen LogP contribution in [0.2, 0.25) is 0 Å². The van der Waals surface area contributed by atoms with E-state index in [1.54, 1.807) is 0 Å². The first-order valence-electron chi connectivity index (χ1n) is 5.63. The molecule has 1 aliphatic rings. The molecule has 13 heavy (non-hydrogen) atoms. The van der Waals surface area contributed by atoms with Gasteiger partial charge in [0.2, 0.25) is 0 Å². The minimum atomic E-state index is 0.0698. The number of ether oxygens (including phenoxy) is 2. The monoisotopic (exact) mass is 186 g/mol. The lowest BCUT2D eigenvalue weighted by molar-refractivity contribution is -0.214. The van der Waals surface area contributed by atoms with E-state index in [1.807, 2.05) is 0 Å². The maximum Gasteiger partial charge on any atom is 0.157 e. The Hall–Kier alpha value is -0.0800. The molecule has 1 rings (SSSR count). The van der Waals surface area contributed by atoms with Crippen molar-refractivity contribution in [3.05, 3.63) is 0 Å². The Balaban J connectivity index is 2.11. The molecule has 0 amide bonds. The first-order chi connectivity index (χ1) is 6.36. The molecule has 0 aliphatic carbocycles. The molecule has 78 valence electrons. The fourth-order valence-electron chi connectivity index (χ4n) is 1.70. The first kappa shape index (κ1) is 11.0. The highest BCUT2D eigenvalue weighted by molar-refractivity contribution is 4.63. The van der Waals surface area contributed by atoms with Crippen LogP contribution in [0.1, 0.15) is 52.4 Å². The van der Waals surface area contributed by atoms with Gasteiger partial charge in [0.05, 0.1) is 12.7 Å². The molecule has 1 saturated heterocycles. The normalized spacial score (nSPS) is 29.1. The van der Waals surface area contributed by atoms with Crippen LogP contribution in [0, 0.1) is 0 Å². The van der Waals surface area contributed by atoms with Crippen molar-refractivity contribution in [3.8, 4) is 0 Å². The smallest absolute Gasteiger partial charge is 0.157 e. The Morgan fingerprint density at radius 1 is 1.23 bits per heavy atom. The van der Waals surface area contributed by atoms with Gasteiger partial charge in [0.15, 0.2) is 6.29 Å². The average molecular weight is 186 g/mol. The second-order valence-corrected chi connectivity index (χ2v) is 3.75. The standard InChI is InChI=1S/C11H22O2/c1-3-5-6-7-10-8-9-12-11(4-2)13-10/h10-11H,3-9H2,1-2H3. The number of hydrogen-bond donors (Lipinski definition) is 0. The van der Waals surface area contributed by atoms with Crippen LogP contribution in [0.5, 0.6) is 0 Å². The van der Waals surface area contributed by atoms with Crippen LogP contribution in [0.25, 0.3) is 0 Å². The third kappa shape index (κ3) is 4.10. The molecule has 0 spiro atoms. The van der Waals surface area contributed by atoms with Gasteiger partial charge in [-0.3, -0.25) is 0 Å². The maximum atomic E-state index is 5.76. The number of hydrogen-bond acceptors (Lipinski definition) is 2. The van der Waals surface area contributed by atoms with Crippen molar-refractivity contribution >= 4 is 0 Å². The van der Waals surface area contributed by atoms with Gasteiger partial charge in [0.1, 0.15) is 0 Å². The van der Waals surface area contributed by atoms with Gasteiger partial charge in [-0.15, -0.1) is 0 Å². The second-order valence-electron chi connectivity index (χ2n) is 3.75. The Morgan fingerprint density at radius 2 is 2.08 bits per heavy atom. The van der Waals surface area contributed by atoms with Gasteiger partial charge in [0, 0.05) is 0 Å². The second kappa shape index (κ2) is 6.39. The highest BCUT2D eigenvalue weighted by Crippen LogP contribution is 2.19. The van der Waals surface area contributed by atoms with E-state index in [2.05, 4.69) is 13.8 Å². The summed E-state index contributed by atoms with van der Waals surface area (Å²) >= 11 is 0. The van der Waals surface area contributed by atoms with Crippen LogP contribution in [0.4, 0.5) is 0 Å². The lowest BCUT2D eigenvalue weighted by Gasteiger charge is -2.29. The van der Waals surface area contributed by atoms with Gasteiger partial charge < -0.3 is 9.47 Å². The van der Waals surface area contributed by atoms with Crippen molar-refractivity contribution in [2.24, 2.45) is 0 Å². The summed E-state index contributed by atoms with van der Waals surface area (Å²) in [6.07, 6.45) is 7.74. The van der Waals surface area contributed by atoms with Crippen LogP contribution in [-0.2, 0) is 9.47 Å². The lowest BCUT2D eigenvalue weighted by atomic mass is 10.1. The molecule has 1 heterocycles. The van der Waals surface area contributed by atoms with Crippen molar-refractivity contribution in [2.45, 2.75) is 64.8 Å². The van der Waals surface area contributed by atoms with Crippen molar-refractivity contribution in [3.63, 3.8) is 0 Å². The Morgan fingerprint density at radius 3 is 2.77 bits per heavy atom. The van der Waals surface area contributed by atoms with Gasteiger partial charge in [-0.2, -0.15) is 0 Å². The van der Waals surface area contributed by atoms with E-state index >= 15 is 0 Å². The molecule has 1 fully saturated rings. The van der Waals surface area contributed by atoms with Crippen LogP contribution < -0.4 is 0 Å². The average Bonchev–Trinajstić information content (AvgIpc) is 2.19. The van der Waals surface area contributed by atoms with Crippen molar-refractivity contribution in [2.75, 3.05) is 6.61 Å². The summed E-state index contributed by atoms with van der Waals surface area (Å²) < 4.78 is 11.2. The van der Waals surface area contributed by atoms with Gasteiger partial charge in [-0.05, 0) is 19.3 Å². The molecule has 0 aromatic carbocycles. The van der Waals surface area contributed by atoms with E-state index in [-0.39, 0.29) is 6.29 Å². The summed E-state index contributed by atoms with van der Waals surface area (Å²) in [5, 5.41) is 0. The summed E-state index contributed by atoms with van der Waals surface area (Å²) in [5.74, 6) is 0. The fraction of sp³-hybridized carbons (Fsp3) is 1.00. The predicted molar refractivity (Wildman–Crippen MR) is 53.7 cm³/mol. The third-order valence-corrected chi connectivity index (χ3v) is 2.55. The van der Waals surface area contributed by atoms with E-state index in [0.717, 1.165) is 19.4 Å². The number of rotatable bonds is 5. The van der Waals surface area contributed by atoms with Crippen LogP contribution in [-0.4, -0.2) is 19.0 Å². The van der Waals surface area contributed by atoms with E-state index in [4.69, 9.17) is 9.47 Å². The molecule has 0 aromatic heterocycles. The van der Waals surface area contributed by atoms with E-state index < -0.39 is 0 Å². The first-order valence-corrected chi connectivity index (χ1v) is 5.63. The summed E-state index contributed by atoms with van der Waals surface area (Å²) in [5.41, 5.74) is 0. The van der Waals surface area contributed by atoms with Crippen LogP contribution in [0.3, 0.4) is 0 Å². The van der Waals surface area contributed by atoms with Gasteiger partial charge >= 0.3 is 0 Å². The zero-order valence-corrected chi connectivity index (χ0v) is 8.92. The molecule has 0 radical (unpaired) electrons. The molecule has 1 aliphatic heterocycles. The molecule has 2 atom stereocenters. The van der Waals surface area contributed by atoms with Gasteiger partial charge in [-0.1, -0.05) is 33.1 Å². The third-order valence-electron chi connectivity index (χ3n) is 2.55. The van der Waals surface area contributed by atoms with Crippen LogP contribution in [0.15, 0.2) is 0 Å². The van der Waals surface area contributed by atoms with Crippen molar-refractivity contribution in [1.82, 2.24) is 0 Å². The summed E-state index contributed by atoms with van der Waals surface area (Å²) in [6, 6.07) is 0. The molecule has 0 aromatic rings. The van der Waals surface area contributed by atoms with Crippen LogP contribution >= 0.6 is 0 Å².